The van der Waals surface area contributed by atoms with Crippen LogP contribution in [0.15, 0.2) is 16.9 Å². The van der Waals surface area contributed by atoms with Gasteiger partial charge in [0.05, 0.1) is 19.3 Å². The Labute approximate surface area is 131 Å². The molecule has 22 heavy (non-hydrogen) atoms. The predicted molar refractivity (Wildman–Crippen MR) is 83.2 cm³/mol. The van der Waals surface area contributed by atoms with Crippen molar-refractivity contribution in [1.29, 1.82) is 0 Å². The van der Waals surface area contributed by atoms with Crippen molar-refractivity contribution in [2.24, 2.45) is 5.92 Å². The van der Waals surface area contributed by atoms with Crippen LogP contribution in [0.25, 0.3) is 0 Å². The molecule has 2 aromatic heterocycles. The van der Waals surface area contributed by atoms with Crippen molar-refractivity contribution < 1.29 is 4.52 Å². The lowest BCUT2D eigenvalue weighted by atomic mass is 10.1. The van der Waals surface area contributed by atoms with Crippen molar-refractivity contribution in [3.63, 3.8) is 0 Å². The van der Waals surface area contributed by atoms with Gasteiger partial charge in [-0.1, -0.05) is 19.0 Å². The predicted octanol–water partition coefficient (Wildman–Crippen LogP) is 2.44. The Bertz CT molecular complexity index is 603. The van der Waals surface area contributed by atoms with Gasteiger partial charge < -0.3 is 4.52 Å². The summed E-state index contributed by atoms with van der Waals surface area (Å²) < 4.78 is 7.38. The fourth-order valence-electron chi connectivity index (χ4n) is 3.06. The van der Waals surface area contributed by atoms with Gasteiger partial charge in [-0.2, -0.15) is 10.1 Å². The molecule has 3 rings (SSSR count). The third-order valence-corrected chi connectivity index (χ3v) is 4.10. The van der Waals surface area contributed by atoms with Crippen molar-refractivity contribution in [3.05, 3.63) is 29.7 Å². The SMILES string of the molecule is Cc1cnn(CC2CCCN2Cc2noc(CC(C)C)n2)c1. The topological polar surface area (TPSA) is 60.0 Å². The lowest BCUT2D eigenvalue weighted by Gasteiger charge is -2.22. The number of hydrogen-bond acceptors (Lipinski definition) is 5. The highest BCUT2D eigenvalue weighted by Crippen LogP contribution is 2.21. The molecule has 0 aromatic carbocycles. The summed E-state index contributed by atoms with van der Waals surface area (Å²) in [6, 6.07) is 0.506. The molecule has 0 N–H and O–H groups in total. The van der Waals surface area contributed by atoms with E-state index < -0.39 is 0 Å². The summed E-state index contributed by atoms with van der Waals surface area (Å²) in [5, 5.41) is 8.53. The quantitative estimate of drug-likeness (QED) is 0.820. The molecule has 1 aliphatic heterocycles. The Kier molecular flexibility index (Phi) is 4.57. The van der Waals surface area contributed by atoms with Crippen LogP contribution in [0.3, 0.4) is 0 Å². The molecule has 0 spiro atoms. The van der Waals surface area contributed by atoms with Crippen LogP contribution in [-0.4, -0.2) is 37.4 Å². The van der Waals surface area contributed by atoms with E-state index in [4.69, 9.17) is 4.52 Å². The lowest BCUT2D eigenvalue weighted by Crippen LogP contribution is -2.33. The average Bonchev–Trinajstić information content (AvgIpc) is 3.15. The van der Waals surface area contributed by atoms with Gasteiger partial charge >= 0.3 is 0 Å². The maximum Gasteiger partial charge on any atom is 0.226 e. The normalized spacial score (nSPS) is 19.4. The Morgan fingerprint density at radius 1 is 1.41 bits per heavy atom. The van der Waals surface area contributed by atoms with E-state index in [0.29, 0.717) is 12.0 Å². The second-order valence-electron chi connectivity index (χ2n) is 6.71. The van der Waals surface area contributed by atoms with Crippen LogP contribution in [0, 0.1) is 12.8 Å². The van der Waals surface area contributed by atoms with E-state index in [0.717, 1.165) is 37.8 Å². The van der Waals surface area contributed by atoms with Gasteiger partial charge in [-0.05, 0) is 37.8 Å². The van der Waals surface area contributed by atoms with Crippen molar-refractivity contribution in [2.45, 2.75) is 59.2 Å². The summed E-state index contributed by atoms with van der Waals surface area (Å²) in [4.78, 5) is 6.96. The number of aromatic nitrogens is 4. The molecule has 6 heteroatoms. The second-order valence-corrected chi connectivity index (χ2v) is 6.71. The van der Waals surface area contributed by atoms with E-state index >= 15 is 0 Å². The van der Waals surface area contributed by atoms with Gasteiger partial charge in [0, 0.05) is 18.7 Å². The molecular weight excluding hydrogens is 278 g/mol. The Morgan fingerprint density at radius 3 is 3.00 bits per heavy atom. The Morgan fingerprint density at radius 2 is 2.27 bits per heavy atom. The van der Waals surface area contributed by atoms with Crippen LogP contribution in [0.1, 0.15) is 44.0 Å². The summed E-state index contributed by atoms with van der Waals surface area (Å²) in [7, 11) is 0. The Hall–Kier alpha value is -1.69. The van der Waals surface area contributed by atoms with Gasteiger partial charge in [0.2, 0.25) is 5.89 Å². The minimum absolute atomic E-state index is 0.506. The van der Waals surface area contributed by atoms with E-state index in [9.17, 15) is 0 Å². The minimum Gasteiger partial charge on any atom is -0.339 e. The first-order valence-electron chi connectivity index (χ1n) is 8.14. The first kappa shape index (κ1) is 15.2. The highest BCUT2D eigenvalue weighted by molar-refractivity contribution is 5.00. The number of nitrogens with zero attached hydrogens (tertiary/aromatic N) is 5. The number of rotatable bonds is 6. The van der Waals surface area contributed by atoms with Crippen LogP contribution in [-0.2, 0) is 19.5 Å². The van der Waals surface area contributed by atoms with E-state index in [-0.39, 0.29) is 0 Å². The average molecular weight is 303 g/mol. The summed E-state index contributed by atoms with van der Waals surface area (Å²) in [6.07, 6.45) is 7.29. The molecule has 120 valence electrons. The first-order chi connectivity index (χ1) is 10.6. The molecule has 1 aliphatic rings. The fraction of sp³-hybridized carbons (Fsp3) is 0.688. The van der Waals surface area contributed by atoms with E-state index in [1.807, 2.05) is 10.9 Å². The standard InChI is InChI=1S/C16H25N5O/c1-12(2)7-16-18-15(19-22-16)11-20-6-4-5-14(20)10-21-9-13(3)8-17-21/h8-9,12,14H,4-7,10-11H2,1-3H3. The zero-order valence-electron chi connectivity index (χ0n) is 13.7. The maximum atomic E-state index is 5.34. The number of likely N-dealkylation sites (tertiary alicyclic amines) is 1. The summed E-state index contributed by atoms with van der Waals surface area (Å²) in [5.74, 6) is 2.10. The zero-order valence-corrected chi connectivity index (χ0v) is 13.7. The molecule has 0 amide bonds. The van der Waals surface area contributed by atoms with Crippen LogP contribution in [0.2, 0.25) is 0 Å². The number of aryl methyl sites for hydroxylation is 1. The third-order valence-electron chi connectivity index (χ3n) is 4.10. The molecule has 0 bridgehead atoms. The molecule has 2 aromatic rings. The number of hydrogen-bond donors (Lipinski definition) is 0. The van der Waals surface area contributed by atoms with Gasteiger partial charge in [0.1, 0.15) is 0 Å². The summed E-state index contributed by atoms with van der Waals surface area (Å²) in [5.41, 5.74) is 1.21. The molecule has 0 radical (unpaired) electrons. The zero-order chi connectivity index (χ0) is 15.5. The largest absolute Gasteiger partial charge is 0.339 e. The second kappa shape index (κ2) is 6.60. The van der Waals surface area contributed by atoms with Crippen LogP contribution < -0.4 is 0 Å². The highest BCUT2D eigenvalue weighted by Gasteiger charge is 2.26. The third kappa shape index (κ3) is 3.74. The summed E-state index contributed by atoms with van der Waals surface area (Å²) >= 11 is 0. The maximum absolute atomic E-state index is 5.34. The van der Waals surface area contributed by atoms with E-state index in [2.05, 4.69) is 47.1 Å². The van der Waals surface area contributed by atoms with Gasteiger partial charge in [0.15, 0.2) is 5.82 Å². The molecule has 3 heterocycles. The first-order valence-corrected chi connectivity index (χ1v) is 8.14. The van der Waals surface area contributed by atoms with Gasteiger partial charge in [0.25, 0.3) is 0 Å². The monoisotopic (exact) mass is 303 g/mol. The molecule has 6 nitrogen and oxygen atoms in total. The Balaban J connectivity index is 1.59. The van der Waals surface area contributed by atoms with Gasteiger partial charge in [-0.25, -0.2) is 0 Å². The minimum atomic E-state index is 0.506. The van der Waals surface area contributed by atoms with Gasteiger partial charge in [-0.3, -0.25) is 9.58 Å². The molecule has 1 unspecified atom stereocenters. The molecule has 1 atom stereocenters. The van der Waals surface area contributed by atoms with Crippen LogP contribution in [0.4, 0.5) is 0 Å². The van der Waals surface area contributed by atoms with Gasteiger partial charge in [-0.15, -0.1) is 0 Å². The fourth-order valence-corrected chi connectivity index (χ4v) is 3.06. The van der Waals surface area contributed by atoms with E-state index in [1.54, 1.807) is 0 Å². The molecule has 1 fully saturated rings. The van der Waals surface area contributed by atoms with Crippen molar-refractivity contribution in [3.8, 4) is 0 Å². The van der Waals surface area contributed by atoms with Crippen molar-refractivity contribution in [1.82, 2.24) is 24.8 Å². The molecule has 0 saturated carbocycles. The van der Waals surface area contributed by atoms with Crippen molar-refractivity contribution >= 4 is 0 Å². The molecule has 0 aliphatic carbocycles. The van der Waals surface area contributed by atoms with Crippen LogP contribution in [0.5, 0.6) is 0 Å². The summed E-state index contributed by atoms with van der Waals surface area (Å²) in [6.45, 7) is 9.19. The highest BCUT2D eigenvalue weighted by atomic mass is 16.5. The van der Waals surface area contributed by atoms with E-state index in [1.165, 1.54) is 18.4 Å². The molecule has 1 saturated heterocycles. The van der Waals surface area contributed by atoms with Crippen molar-refractivity contribution in [2.75, 3.05) is 6.54 Å². The lowest BCUT2D eigenvalue weighted by molar-refractivity contribution is 0.211. The molecular formula is C16H25N5O. The van der Waals surface area contributed by atoms with Crippen LogP contribution >= 0.6 is 0 Å². The smallest absolute Gasteiger partial charge is 0.226 e.